The highest BCUT2D eigenvalue weighted by Gasteiger charge is 2.25. The molecule has 0 saturated heterocycles. The molecular formula is C19H21FN2O4S. The van der Waals surface area contributed by atoms with E-state index in [1.165, 1.54) is 34.8 Å². The van der Waals surface area contributed by atoms with Gasteiger partial charge in [-0.2, -0.15) is 0 Å². The van der Waals surface area contributed by atoms with Crippen LogP contribution in [0.2, 0.25) is 0 Å². The number of halogens is 1. The molecule has 1 heterocycles. The lowest BCUT2D eigenvalue weighted by atomic mass is 10.0. The predicted molar refractivity (Wildman–Crippen MR) is 102 cm³/mol. The van der Waals surface area contributed by atoms with Crippen molar-refractivity contribution in [2.24, 2.45) is 0 Å². The highest BCUT2D eigenvalue weighted by Crippen LogP contribution is 2.31. The van der Waals surface area contributed by atoms with Crippen LogP contribution in [0, 0.1) is 5.82 Å². The molecule has 144 valence electrons. The number of amides is 1. The Kier molecular flexibility index (Phi) is 5.36. The second-order valence-corrected chi connectivity index (χ2v) is 8.39. The standard InChI is InChI=1S/C19H21FN2O4S/c1-13(26-17-9-6-15(20)7-10-17)19(23)21-16-8-5-14-4-3-11-22(18(14)12-16)27(2,24)25/h5-10,12-13H,3-4,11H2,1-2H3,(H,21,23)/t13-/m1/s1. The fourth-order valence-electron chi connectivity index (χ4n) is 2.98. The van der Waals surface area contributed by atoms with E-state index in [1.54, 1.807) is 19.1 Å². The van der Waals surface area contributed by atoms with Crippen LogP contribution in [-0.4, -0.2) is 33.2 Å². The van der Waals surface area contributed by atoms with Gasteiger partial charge in [-0.15, -0.1) is 0 Å². The van der Waals surface area contributed by atoms with Crippen LogP contribution in [0.15, 0.2) is 42.5 Å². The quantitative estimate of drug-likeness (QED) is 0.849. The zero-order chi connectivity index (χ0) is 19.6. The van der Waals surface area contributed by atoms with Crippen LogP contribution in [0.25, 0.3) is 0 Å². The van der Waals surface area contributed by atoms with Crippen LogP contribution in [-0.2, 0) is 21.2 Å². The molecule has 2 aromatic carbocycles. The van der Waals surface area contributed by atoms with Crippen LogP contribution >= 0.6 is 0 Å². The number of nitrogens with zero attached hydrogens (tertiary/aromatic N) is 1. The summed E-state index contributed by atoms with van der Waals surface area (Å²) < 4.78 is 43.8. The van der Waals surface area contributed by atoms with E-state index < -0.39 is 16.1 Å². The minimum Gasteiger partial charge on any atom is -0.481 e. The molecule has 1 amide bonds. The number of fused-ring (bicyclic) bond motifs is 1. The Morgan fingerprint density at radius 1 is 1.22 bits per heavy atom. The normalized spacial score (nSPS) is 15.0. The maximum absolute atomic E-state index is 12.9. The molecule has 1 N–H and O–H groups in total. The van der Waals surface area contributed by atoms with E-state index in [-0.39, 0.29) is 11.7 Å². The van der Waals surface area contributed by atoms with E-state index in [0.717, 1.165) is 18.4 Å². The van der Waals surface area contributed by atoms with Gasteiger partial charge in [-0.05, 0) is 61.7 Å². The second-order valence-electron chi connectivity index (χ2n) is 6.49. The van der Waals surface area contributed by atoms with Gasteiger partial charge in [0.2, 0.25) is 10.0 Å². The zero-order valence-corrected chi connectivity index (χ0v) is 15.9. The molecule has 8 heteroatoms. The minimum absolute atomic E-state index is 0.382. The van der Waals surface area contributed by atoms with E-state index in [1.807, 2.05) is 6.07 Å². The number of benzene rings is 2. The summed E-state index contributed by atoms with van der Waals surface area (Å²) in [5, 5.41) is 2.74. The number of aryl methyl sites for hydroxylation is 1. The van der Waals surface area contributed by atoms with E-state index >= 15 is 0 Å². The first kappa shape index (κ1) is 19.2. The molecule has 0 saturated carbocycles. The molecule has 2 aromatic rings. The first-order valence-corrected chi connectivity index (χ1v) is 10.4. The Balaban J connectivity index is 1.73. The number of rotatable bonds is 5. The van der Waals surface area contributed by atoms with Gasteiger partial charge in [0.1, 0.15) is 11.6 Å². The van der Waals surface area contributed by atoms with Gasteiger partial charge >= 0.3 is 0 Å². The second kappa shape index (κ2) is 7.56. The molecule has 1 aliphatic heterocycles. The van der Waals surface area contributed by atoms with Gasteiger partial charge in [0.05, 0.1) is 11.9 Å². The van der Waals surface area contributed by atoms with Gasteiger partial charge in [0, 0.05) is 12.2 Å². The topological polar surface area (TPSA) is 75.7 Å². The van der Waals surface area contributed by atoms with Crippen LogP contribution < -0.4 is 14.4 Å². The van der Waals surface area contributed by atoms with E-state index in [9.17, 15) is 17.6 Å². The smallest absolute Gasteiger partial charge is 0.265 e. The maximum atomic E-state index is 12.9. The van der Waals surface area contributed by atoms with Crippen molar-refractivity contribution in [3.63, 3.8) is 0 Å². The SMILES string of the molecule is C[C@@H](Oc1ccc(F)cc1)C(=O)Nc1ccc2c(c1)N(S(C)(=O)=O)CCC2. The summed E-state index contributed by atoms with van der Waals surface area (Å²) in [6.07, 6.45) is 1.91. The average molecular weight is 392 g/mol. The Morgan fingerprint density at radius 2 is 1.93 bits per heavy atom. The molecule has 0 spiro atoms. The minimum atomic E-state index is -3.38. The molecule has 0 radical (unpaired) electrons. The van der Waals surface area contributed by atoms with Crippen molar-refractivity contribution in [1.29, 1.82) is 0 Å². The summed E-state index contributed by atoms with van der Waals surface area (Å²) >= 11 is 0. The summed E-state index contributed by atoms with van der Waals surface area (Å²) in [6, 6.07) is 10.6. The highest BCUT2D eigenvalue weighted by molar-refractivity contribution is 7.92. The van der Waals surface area contributed by atoms with Crippen molar-refractivity contribution in [3.8, 4) is 5.75 Å². The van der Waals surface area contributed by atoms with Gasteiger partial charge in [0.25, 0.3) is 5.91 Å². The number of sulfonamides is 1. The molecule has 6 nitrogen and oxygen atoms in total. The number of nitrogens with one attached hydrogen (secondary N) is 1. The third kappa shape index (κ3) is 4.57. The lowest BCUT2D eigenvalue weighted by molar-refractivity contribution is -0.122. The van der Waals surface area contributed by atoms with Crippen molar-refractivity contribution in [2.75, 3.05) is 22.4 Å². The third-order valence-corrected chi connectivity index (χ3v) is 5.50. The number of hydrogen-bond donors (Lipinski definition) is 1. The molecule has 0 fully saturated rings. The summed E-state index contributed by atoms with van der Waals surface area (Å²) in [7, 11) is -3.38. The summed E-state index contributed by atoms with van der Waals surface area (Å²) in [5.41, 5.74) is 2.01. The lowest BCUT2D eigenvalue weighted by Crippen LogP contribution is -2.35. The highest BCUT2D eigenvalue weighted by atomic mass is 32.2. The maximum Gasteiger partial charge on any atom is 0.265 e. The largest absolute Gasteiger partial charge is 0.481 e. The fraction of sp³-hybridized carbons (Fsp3) is 0.316. The van der Waals surface area contributed by atoms with Gasteiger partial charge in [-0.1, -0.05) is 6.07 Å². The van der Waals surface area contributed by atoms with Crippen molar-refractivity contribution in [3.05, 3.63) is 53.8 Å². The van der Waals surface area contributed by atoms with Gasteiger partial charge in [0.15, 0.2) is 6.10 Å². The summed E-state index contributed by atoms with van der Waals surface area (Å²) in [4.78, 5) is 12.4. The van der Waals surface area contributed by atoms with Gasteiger partial charge < -0.3 is 10.1 Å². The molecule has 0 aromatic heterocycles. The Labute approximate surface area is 158 Å². The van der Waals surface area contributed by atoms with E-state index in [4.69, 9.17) is 4.74 Å². The number of anilines is 2. The number of ether oxygens (including phenoxy) is 1. The van der Waals surface area contributed by atoms with E-state index in [2.05, 4.69) is 5.32 Å². The van der Waals surface area contributed by atoms with Crippen molar-refractivity contribution >= 4 is 27.3 Å². The van der Waals surface area contributed by atoms with Crippen LogP contribution in [0.3, 0.4) is 0 Å². The molecule has 3 rings (SSSR count). The van der Waals surface area contributed by atoms with Crippen LogP contribution in [0.4, 0.5) is 15.8 Å². The molecule has 1 aliphatic rings. The van der Waals surface area contributed by atoms with E-state index in [0.29, 0.717) is 23.7 Å². The Morgan fingerprint density at radius 3 is 2.59 bits per heavy atom. The first-order valence-electron chi connectivity index (χ1n) is 8.58. The molecule has 27 heavy (non-hydrogen) atoms. The Hall–Kier alpha value is -2.61. The first-order chi connectivity index (χ1) is 12.7. The monoisotopic (exact) mass is 392 g/mol. The molecule has 0 unspecified atom stereocenters. The molecule has 0 bridgehead atoms. The number of carbonyl (C=O) groups excluding carboxylic acids is 1. The van der Waals surface area contributed by atoms with Crippen molar-refractivity contribution in [1.82, 2.24) is 0 Å². The molecule has 0 aliphatic carbocycles. The zero-order valence-electron chi connectivity index (χ0n) is 15.1. The van der Waals surface area contributed by atoms with Crippen LogP contribution in [0.1, 0.15) is 18.9 Å². The van der Waals surface area contributed by atoms with Gasteiger partial charge in [-0.3, -0.25) is 9.10 Å². The molecule has 1 atom stereocenters. The molecular weight excluding hydrogens is 371 g/mol. The van der Waals surface area contributed by atoms with Crippen molar-refractivity contribution < 1.29 is 22.3 Å². The van der Waals surface area contributed by atoms with Gasteiger partial charge in [-0.25, -0.2) is 12.8 Å². The fourth-order valence-corrected chi connectivity index (χ4v) is 3.97. The number of hydrogen-bond acceptors (Lipinski definition) is 4. The number of carbonyl (C=O) groups is 1. The predicted octanol–water partition coefficient (Wildman–Crippen LogP) is 2.94. The summed E-state index contributed by atoms with van der Waals surface area (Å²) in [6.45, 7) is 2.01. The third-order valence-electron chi connectivity index (χ3n) is 4.32. The average Bonchev–Trinajstić information content (AvgIpc) is 2.62. The lowest BCUT2D eigenvalue weighted by Gasteiger charge is -2.29. The van der Waals surface area contributed by atoms with Crippen LogP contribution in [0.5, 0.6) is 5.75 Å². The Bertz CT molecular complexity index is 945. The summed E-state index contributed by atoms with van der Waals surface area (Å²) in [5.74, 6) is -0.391. The van der Waals surface area contributed by atoms with Crippen molar-refractivity contribution in [2.45, 2.75) is 25.9 Å².